The van der Waals surface area contributed by atoms with Gasteiger partial charge >= 0.3 is 0 Å². The van der Waals surface area contributed by atoms with Crippen LogP contribution in [-0.2, 0) is 25.6 Å². The van der Waals surface area contributed by atoms with E-state index in [0.717, 1.165) is 0 Å². The van der Waals surface area contributed by atoms with Crippen molar-refractivity contribution in [3.8, 4) is 16.9 Å². The van der Waals surface area contributed by atoms with Crippen molar-refractivity contribution in [3.63, 3.8) is 0 Å². The van der Waals surface area contributed by atoms with Gasteiger partial charge in [0.2, 0.25) is 5.91 Å². The van der Waals surface area contributed by atoms with Gasteiger partial charge in [0.1, 0.15) is 12.0 Å². The predicted molar refractivity (Wildman–Crippen MR) is 131 cm³/mol. The van der Waals surface area contributed by atoms with Crippen molar-refractivity contribution in [1.82, 2.24) is 10.1 Å². The second-order valence-electron chi connectivity index (χ2n) is 10.7. The number of benzene rings is 1. The molecule has 2 fully saturated rings. The molecule has 0 aliphatic heterocycles. The number of ketones is 4. The lowest BCUT2D eigenvalue weighted by atomic mass is 9.52. The first-order valence-corrected chi connectivity index (χ1v) is 12.1. The Kier molecular flexibility index (Phi) is 5.80. The molecule has 12 heteroatoms. The number of nitrogens with zero attached hydrogens (tertiary/aromatic N) is 3. The molecule has 0 radical (unpaired) electrons. The number of aromatic nitrogens is 1. The zero-order valence-corrected chi connectivity index (χ0v) is 21.3. The number of aromatic hydroxyl groups is 1. The molecule has 6 atom stereocenters. The van der Waals surface area contributed by atoms with Gasteiger partial charge in [0.05, 0.1) is 23.7 Å². The summed E-state index contributed by atoms with van der Waals surface area (Å²) in [6.45, 7) is 0. The van der Waals surface area contributed by atoms with Gasteiger partial charge in [-0.05, 0) is 44.5 Å². The summed E-state index contributed by atoms with van der Waals surface area (Å²) >= 11 is 0. The molecular weight excluding hydrogens is 496 g/mol. The number of anilines is 1. The molecule has 2 unspecified atom stereocenters. The standard InChI is InChI=1S/C26H28N4O8/c1-29(2)15-7-12(11-8-28-38-9-11)20(31)17-13(15)5-10-6-14-19(30(3)4)22(33)18(25(27)36)24(35)26(14,37)23(34)16(10)21(17)32/h7-10,14,16,18-19,31,37H,5-6H2,1-4H3,(H2,27,36)/t10-,14-,16?,18?,19-,26-/m0/s1. The lowest BCUT2D eigenvalue weighted by molar-refractivity contribution is -0.181. The van der Waals surface area contributed by atoms with Crippen LogP contribution in [0.1, 0.15) is 22.3 Å². The Morgan fingerprint density at radius 3 is 2.39 bits per heavy atom. The third-order valence-electron chi connectivity index (χ3n) is 8.26. The molecule has 2 saturated carbocycles. The van der Waals surface area contributed by atoms with Gasteiger partial charge in [0.15, 0.2) is 34.7 Å². The number of aliphatic hydroxyl groups is 1. The van der Waals surface area contributed by atoms with Gasteiger partial charge in [-0.15, -0.1) is 0 Å². The van der Waals surface area contributed by atoms with E-state index in [4.69, 9.17) is 10.3 Å². The molecule has 0 bridgehead atoms. The Hall–Kier alpha value is -3.90. The highest BCUT2D eigenvalue weighted by molar-refractivity contribution is 6.32. The Morgan fingerprint density at radius 1 is 1.16 bits per heavy atom. The van der Waals surface area contributed by atoms with Crippen molar-refractivity contribution in [1.29, 1.82) is 0 Å². The van der Waals surface area contributed by atoms with Gasteiger partial charge in [-0.3, -0.25) is 28.9 Å². The minimum absolute atomic E-state index is 0.00900. The molecule has 200 valence electrons. The summed E-state index contributed by atoms with van der Waals surface area (Å²) in [5.41, 5.74) is 4.32. The number of nitrogens with two attached hydrogens (primary N) is 1. The lowest BCUT2D eigenvalue weighted by Gasteiger charge is -2.52. The Labute approximate surface area is 217 Å². The molecule has 3 aliphatic rings. The molecule has 38 heavy (non-hydrogen) atoms. The number of carbonyl (C=O) groups excluding carboxylic acids is 5. The third-order valence-corrected chi connectivity index (χ3v) is 8.26. The van der Waals surface area contributed by atoms with E-state index in [1.165, 1.54) is 17.4 Å². The second kappa shape index (κ2) is 8.57. The molecule has 5 rings (SSSR count). The minimum Gasteiger partial charge on any atom is -0.507 e. The van der Waals surface area contributed by atoms with Crippen LogP contribution in [0, 0.1) is 23.7 Å². The smallest absolute Gasteiger partial charge is 0.235 e. The molecule has 1 heterocycles. The van der Waals surface area contributed by atoms with Crippen molar-refractivity contribution in [2.45, 2.75) is 24.5 Å². The summed E-state index contributed by atoms with van der Waals surface area (Å²) in [7, 11) is 6.64. The largest absolute Gasteiger partial charge is 0.507 e. The van der Waals surface area contributed by atoms with Crippen molar-refractivity contribution in [2.24, 2.45) is 29.4 Å². The number of likely N-dealkylation sites (N-methyl/N-ethyl adjacent to an activating group) is 1. The first-order valence-electron chi connectivity index (χ1n) is 12.1. The molecule has 1 aromatic carbocycles. The average Bonchev–Trinajstić information content (AvgIpc) is 3.35. The number of amides is 1. The second-order valence-corrected chi connectivity index (χ2v) is 10.7. The van der Waals surface area contributed by atoms with Crippen LogP contribution in [0.25, 0.3) is 11.1 Å². The molecule has 1 amide bonds. The van der Waals surface area contributed by atoms with Gasteiger partial charge in [-0.1, -0.05) is 5.16 Å². The van der Waals surface area contributed by atoms with Crippen molar-refractivity contribution in [3.05, 3.63) is 29.7 Å². The molecule has 1 aromatic heterocycles. The maximum atomic E-state index is 14.0. The first-order chi connectivity index (χ1) is 17.8. The van der Waals surface area contributed by atoms with Crippen molar-refractivity contribution >= 4 is 34.7 Å². The summed E-state index contributed by atoms with van der Waals surface area (Å²) in [4.78, 5) is 69.8. The van der Waals surface area contributed by atoms with E-state index in [0.29, 0.717) is 16.8 Å². The van der Waals surface area contributed by atoms with Crippen LogP contribution < -0.4 is 10.6 Å². The minimum atomic E-state index is -2.76. The molecule has 0 saturated heterocycles. The third kappa shape index (κ3) is 3.29. The number of hydrogen-bond acceptors (Lipinski definition) is 11. The quantitative estimate of drug-likeness (QED) is 0.442. The number of phenolic OH excluding ortho intramolecular Hbond substituents is 1. The SMILES string of the molecule is CN(C)c1cc(-c2cnoc2)c(O)c2c1C[C@H]1C[C@H]3[C@H](N(C)C)C(=O)C(C(N)=O)C(=O)[C@@]3(O)C(=O)C1C2=O. The van der Waals surface area contributed by atoms with Gasteiger partial charge in [0.25, 0.3) is 0 Å². The summed E-state index contributed by atoms with van der Waals surface area (Å²) in [5, 5.41) is 26.5. The zero-order chi connectivity index (χ0) is 27.8. The fourth-order valence-corrected chi connectivity index (χ4v) is 6.61. The predicted octanol–water partition coefficient (Wildman–Crippen LogP) is -0.412. The van der Waals surface area contributed by atoms with E-state index in [9.17, 15) is 34.2 Å². The lowest BCUT2D eigenvalue weighted by Crippen LogP contribution is -2.74. The highest BCUT2D eigenvalue weighted by atomic mass is 16.5. The molecule has 3 aliphatic carbocycles. The van der Waals surface area contributed by atoms with E-state index in [1.807, 2.05) is 0 Å². The van der Waals surface area contributed by atoms with E-state index < -0.39 is 64.4 Å². The normalized spacial score (nSPS) is 30.6. The van der Waals surface area contributed by atoms with E-state index in [-0.39, 0.29) is 29.7 Å². The maximum absolute atomic E-state index is 14.0. The summed E-state index contributed by atoms with van der Waals surface area (Å²) in [6, 6.07) is 0.553. The van der Waals surface area contributed by atoms with Crippen LogP contribution in [0.5, 0.6) is 5.75 Å². The van der Waals surface area contributed by atoms with Crippen LogP contribution in [0.3, 0.4) is 0 Å². The summed E-state index contributed by atoms with van der Waals surface area (Å²) in [6.07, 6.45) is 2.85. The van der Waals surface area contributed by atoms with Crippen LogP contribution in [0.15, 0.2) is 23.0 Å². The van der Waals surface area contributed by atoms with Crippen LogP contribution in [0.2, 0.25) is 0 Å². The zero-order valence-electron chi connectivity index (χ0n) is 21.3. The molecule has 2 aromatic rings. The summed E-state index contributed by atoms with van der Waals surface area (Å²) < 4.78 is 4.90. The number of rotatable bonds is 4. The van der Waals surface area contributed by atoms with Crippen molar-refractivity contribution in [2.75, 3.05) is 33.1 Å². The van der Waals surface area contributed by atoms with E-state index in [1.54, 1.807) is 39.2 Å². The maximum Gasteiger partial charge on any atom is 0.235 e. The fraction of sp³-hybridized carbons (Fsp3) is 0.462. The topological polar surface area (TPSA) is 184 Å². The highest BCUT2D eigenvalue weighted by Crippen LogP contribution is 2.53. The average molecular weight is 525 g/mol. The number of Topliss-reactive ketones (excluding diaryl/α,β-unsaturated/α-hetero) is 4. The number of fused-ring (bicyclic) bond motifs is 3. The summed E-state index contributed by atoms with van der Waals surface area (Å²) in [5.74, 6) is -10.8. The number of carbonyl (C=O) groups is 5. The Balaban J connectivity index is 1.69. The number of hydrogen-bond donors (Lipinski definition) is 3. The number of phenols is 1. The molecule has 4 N–H and O–H groups in total. The van der Waals surface area contributed by atoms with Crippen LogP contribution >= 0.6 is 0 Å². The highest BCUT2D eigenvalue weighted by Gasteiger charge is 2.69. The van der Waals surface area contributed by atoms with E-state index >= 15 is 0 Å². The van der Waals surface area contributed by atoms with Crippen LogP contribution in [-0.4, -0.2) is 89.1 Å². The number of primary amides is 1. The molecular formula is C26H28N4O8. The van der Waals surface area contributed by atoms with E-state index in [2.05, 4.69) is 5.16 Å². The van der Waals surface area contributed by atoms with Gasteiger partial charge in [-0.25, -0.2) is 0 Å². The monoisotopic (exact) mass is 524 g/mol. The molecule has 12 nitrogen and oxygen atoms in total. The Bertz CT molecular complexity index is 1400. The first kappa shape index (κ1) is 25.7. The van der Waals surface area contributed by atoms with Gasteiger partial charge in [0, 0.05) is 36.8 Å². The molecule has 0 spiro atoms. The van der Waals surface area contributed by atoms with Gasteiger partial charge in [-0.2, -0.15) is 0 Å². The van der Waals surface area contributed by atoms with Gasteiger partial charge < -0.3 is 25.4 Å². The van der Waals surface area contributed by atoms with Crippen LogP contribution in [0.4, 0.5) is 5.69 Å². The fourth-order valence-electron chi connectivity index (χ4n) is 6.61. The Morgan fingerprint density at radius 2 is 1.84 bits per heavy atom. The van der Waals surface area contributed by atoms with Crippen molar-refractivity contribution < 1.29 is 38.7 Å².